The molecule has 1 aliphatic heterocycles. The van der Waals surface area contributed by atoms with Gasteiger partial charge in [0.25, 0.3) is 5.69 Å². The van der Waals surface area contributed by atoms with Crippen LogP contribution in [-0.2, 0) is 4.74 Å². The van der Waals surface area contributed by atoms with Crippen LogP contribution in [-0.4, -0.2) is 36.2 Å². The number of pyridine rings is 1. The lowest BCUT2D eigenvalue weighted by molar-refractivity contribution is -0.384. The van der Waals surface area contributed by atoms with Crippen LogP contribution in [0.25, 0.3) is 0 Å². The van der Waals surface area contributed by atoms with Crippen molar-refractivity contribution in [2.24, 2.45) is 5.92 Å². The summed E-state index contributed by atoms with van der Waals surface area (Å²) in [4.78, 5) is 14.9. The fourth-order valence-corrected chi connectivity index (χ4v) is 2.05. The van der Waals surface area contributed by atoms with Crippen molar-refractivity contribution in [2.45, 2.75) is 19.8 Å². The quantitative estimate of drug-likeness (QED) is 0.588. The summed E-state index contributed by atoms with van der Waals surface area (Å²) in [6, 6.07) is 2.92. The van der Waals surface area contributed by atoms with Gasteiger partial charge in [0, 0.05) is 25.6 Å². The van der Waals surface area contributed by atoms with Gasteiger partial charge >= 0.3 is 0 Å². The highest BCUT2D eigenvalue weighted by Crippen LogP contribution is 2.21. The third-order valence-corrected chi connectivity index (χ3v) is 3.17. The van der Waals surface area contributed by atoms with Crippen LogP contribution in [0.2, 0.25) is 0 Å². The second-order valence-electron chi connectivity index (χ2n) is 4.89. The van der Waals surface area contributed by atoms with Gasteiger partial charge in [-0.25, -0.2) is 4.98 Å². The molecule has 2 N–H and O–H groups in total. The van der Waals surface area contributed by atoms with Crippen molar-refractivity contribution in [3.63, 3.8) is 0 Å². The van der Waals surface area contributed by atoms with E-state index in [2.05, 4.69) is 15.6 Å². The van der Waals surface area contributed by atoms with Gasteiger partial charge in [0.05, 0.1) is 23.7 Å². The predicted octanol–water partition coefficient (Wildman–Crippen LogP) is 2.26. The Kier molecular flexibility index (Phi) is 5.11. The normalized spacial score (nSPS) is 17.9. The third kappa shape index (κ3) is 4.06. The second-order valence-corrected chi connectivity index (χ2v) is 4.89. The van der Waals surface area contributed by atoms with Crippen LogP contribution >= 0.6 is 0 Å². The van der Waals surface area contributed by atoms with Crippen LogP contribution in [0.5, 0.6) is 0 Å². The first kappa shape index (κ1) is 14.5. The average molecular weight is 280 g/mol. The largest absolute Gasteiger partial charge is 0.381 e. The number of anilines is 2. The van der Waals surface area contributed by atoms with Crippen molar-refractivity contribution in [1.29, 1.82) is 0 Å². The molecule has 0 bridgehead atoms. The Balaban J connectivity index is 2.04. The Labute approximate surface area is 117 Å². The second kappa shape index (κ2) is 7.04. The number of aromatic nitrogens is 1. The van der Waals surface area contributed by atoms with Crippen LogP contribution < -0.4 is 10.6 Å². The maximum atomic E-state index is 10.9. The molecule has 0 aromatic carbocycles. The molecule has 110 valence electrons. The molecule has 1 unspecified atom stereocenters. The average Bonchev–Trinajstić information content (AvgIpc) is 2.96. The van der Waals surface area contributed by atoms with Gasteiger partial charge in [-0.2, -0.15) is 0 Å². The Morgan fingerprint density at radius 1 is 1.45 bits per heavy atom. The molecule has 0 spiro atoms. The molecule has 0 aliphatic carbocycles. The zero-order valence-corrected chi connectivity index (χ0v) is 11.6. The third-order valence-electron chi connectivity index (χ3n) is 3.17. The number of nitro groups is 1. The van der Waals surface area contributed by atoms with E-state index in [1.807, 2.05) is 6.92 Å². The van der Waals surface area contributed by atoms with Crippen molar-refractivity contribution >= 4 is 17.3 Å². The van der Waals surface area contributed by atoms with Crippen LogP contribution in [0.1, 0.15) is 19.8 Å². The summed E-state index contributed by atoms with van der Waals surface area (Å²) in [5, 5.41) is 17.2. The summed E-state index contributed by atoms with van der Waals surface area (Å²) >= 11 is 0. The van der Waals surface area contributed by atoms with E-state index in [1.165, 1.54) is 12.1 Å². The molecule has 20 heavy (non-hydrogen) atoms. The predicted molar refractivity (Wildman–Crippen MR) is 77.1 cm³/mol. The minimum Gasteiger partial charge on any atom is -0.381 e. The Bertz CT molecular complexity index is 461. The number of nitrogens with one attached hydrogen (secondary N) is 2. The van der Waals surface area contributed by atoms with Crippen molar-refractivity contribution in [3.8, 4) is 0 Å². The zero-order chi connectivity index (χ0) is 14.4. The molecule has 0 radical (unpaired) electrons. The van der Waals surface area contributed by atoms with Gasteiger partial charge in [0.1, 0.15) is 11.6 Å². The van der Waals surface area contributed by atoms with E-state index in [4.69, 9.17) is 4.74 Å². The van der Waals surface area contributed by atoms with Crippen molar-refractivity contribution in [2.75, 3.05) is 36.9 Å². The van der Waals surface area contributed by atoms with Crippen LogP contribution in [0.15, 0.2) is 12.1 Å². The highest BCUT2D eigenvalue weighted by Gasteiger charge is 2.16. The SMILES string of the molecule is CCCNc1cc([N+](=O)[O-])cc(NCC2CCOC2)n1. The van der Waals surface area contributed by atoms with Crippen molar-refractivity contribution < 1.29 is 9.66 Å². The number of nitrogens with zero attached hydrogens (tertiary/aromatic N) is 2. The lowest BCUT2D eigenvalue weighted by atomic mass is 10.1. The smallest absolute Gasteiger partial charge is 0.276 e. The fourth-order valence-electron chi connectivity index (χ4n) is 2.05. The lowest BCUT2D eigenvalue weighted by Gasteiger charge is -2.11. The first-order valence-corrected chi connectivity index (χ1v) is 6.91. The van der Waals surface area contributed by atoms with Gasteiger partial charge in [-0.3, -0.25) is 10.1 Å². The van der Waals surface area contributed by atoms with Gasteiger partial charge in [0.15, 0.2) is 0 Å². The summed E-state index contributed by atoms with van der Waals surface area (Å²) in [5.74, 6) is 1.51. The number of rotatable bonds is 7. The molecular weight excluding hydrogens is 260 g/mol. The van der Waals surface area contributed by atoms with Gasteiger partial charge in [-0.1, -0.05) is 6.92 Å². The Morgan fingerprint density at radius 2 is 2.20 bits per heavy atom. The first-order valence-electron chi connectivity index (χ1n) is 6.91. The molecule has 0 amide bonds. The standard InChI is InChI=1S/C13H20N4O3/c1-2-4-14-12-6-11(17(18)19)7-13(16-12)15-8-10-3-5-20-9-10/h6-7,10H,2-5,8-9H2,1H3,(H2,14,15,16). The molecule has 1 atom stereocenters. The fraction of sp³-hybridized carbons (Fsp3) is 0.615. The van der Waals surface area contributed by atoms with E-state index >= 15 is 0 Å². The number of ether oxygens (including phenoxy) is 1. The molecule has 1 aromatic rings. The molecule has 0 saturated carbocycles. The minimum atomic E-state index is -0.400. The summed E-state index contributed by atoms with van der Waals surface area (Å²) in [6.45, 7) is 5.02. The van der Waals surface area contributed by atoms with E-state index in [9.17, 15) is 10.1 Å². The molecule has 1 aromatic heterocycles. The molecule has 7 nitrogen and oxygen atoms in total. The van der Waals surface area contributed by atoms with Crippen LogP contribution in [0.3, 0.4) is 0 Å². The summed E-state index contributed by atoms with van der Waals surface area (Å²) in [5.41, 5.74) is 0.0452. The zero-order valence-electron chi connectivity index (χ0n) is 11.6. The first-order chi connectivity index (χ1) is 9.69. The summed E-state index contributed by atoms with van der Waals surface area (Å²) < 4.78 is 5.30. The molecular formula is C13H20N4O3. The molecule has 2 rings (SSSR count). The maximum Gasteiger partial charge on any atom is 0.276 e. The van der Waals surface area contributed by atoms with Gasteiger partial charge in [0.2, 0.25) is 0 Å². The molecule has 2 heterocycles. The highest BCUT2D eigenvalue weighted by atomic mass is 16.6. The summed E-state index contributed by atoms with van der Waals surface area (Å²) in [6.07, 6.45) is 1.95. The monoisotopic (exact) mass is 280 g/mol. The van der Waals surface area contributed by atoms with Gasteiger partial charge in [-0.15, -0.1) is 0 Å². The summed E-state index contributed by atoms with van der Waals surface area (Å²) in [7, 11) is 0. The van der Waals surface area contributed by atoms with Crippen LogP contribution in [0.4, 0.5) is 17.3 Å². The Hall–Kier alpha value is -1.89. The number of hydrogen-bond donors (Lipinski definition) is 2. The van der Waals surface area contributed by atoms with E-state index in [0.29, 0.717) is 17.6 Å². The highest BCUT2D eigenvalue weighted by molar-refractivity contribution is 5.54. The number of hydrogen-bond acceptors (Lipinski definition) is 6. The van der Waals surface area contributed by atoms with Crippen LogP contribution in [0, 0.1) is 16.0 Å². The molecule has 7 heteroatoms. The van der Waals surface area contributed by atoms with Crippen molar-refractivity contribution in [1.82, 2.24) is 4.98 Å². The Morgan fingerprint density at radius 3 is 2.80 bits per heavy atom. The van der Waals surface area contributed by atoms with Crippen molar-refractivity contribution in [3.05, 3.63) is 22.2 Å². The van der Waals surface area contributed by atoms with Gasteiger partial charge in [-0.05, 0) is 12.8 Å². The topological polar surface area (TPSA) is 89.3 Å². The van der Waals surface area contributed by atoms with E-state index in [0.717, 1.165) is 39.1 Å². The minimum absolute atomic E-state index is 0.0452. The molecule has 1 saturated heterocycles. The van der Waals surface area contributed by atoms with Gasteiger partial charge < -0.3 is 15.4 Å². The van der Waals surface area contributed by atoms with E-state index in [-0.39, 0.29) is 5.69 Å². The lowest BCUT2D eigenvalue weighted by Crippen LogP contribution is -2.15. The molecule has 1 fully saturated rings. The van der Waals surface area contributed by atoms with E-state index in [1.54, 1.807) is 0 Å². The molecule has 1 aliphatic rings. The maximum absolute atomic E-state index is 10.9. The van der Waals surface area contributed by atoms with E-state index < -0.39 is 4.92 Å².